The van der Waals surface area contributed by atoms with Crippen LogP contribution in [-0.4, -0.2) is 37.5 Å². The highest BCUT2D eigenvalue weighted by Gasteiger charge is 2.29. The summed E-state index contributed by atoms with van der Waals surface area (Å²) in [5.74, 6) is 0. The van der Waals surface area contributed by atoms with Crippen LogP contribution < -0.4 is 5.32 Å². The molecule has 0 saturated carbocycles. The first-order valence-corrected chi connectivity index (χ1v) is 6.75. The fraction of sp³-hybridized carbons (Fsp3) is 0.500. The minimum atomic E-state index is -2.34. The quantitative estimate of drug-likeness (QED) is 0.841. The molecule has 2 rings (SSSR count). The SMILES string of the molecule is FC(F)[C@H](c1cccc(I)c1)N1CCNCC1. The van der Waals surface area contributed by atoms with Gasteiger partial charge in [-0.05, 0) is 40.3 Å². The van der Waals surface area contributed by atoms with E-state index >= 15 is 0 Å². The van der Waals surface area contributed by atoms with Gasteiger partial charge in [-0.25, -0.2) is 8.78 Å². The van der Waals surface area contributed by atoms with Gasteiger partial charge in [0.1, 0.15) is 0 Å². The molecule has 1 fully saturated rings. The summed E-state index contributed by atoms with van der Waals surface area (Å²) in [6.45, 7) is 2.93. The number of halogens is 3. The van der Waals surface area contributed by atoms with Crippen molar-refractivity contribution in [1.29, 1.82) is 0 Å². The third-order valence-electron chi connectivity index (χ3n) is 2.97. The van der Waals surface area contributed by atoms with Crippen molar-refractivity contribution in [2.45, 2.75) is 12.5 Å². The fourth-order valence-electron chi connectivity index (χ4n) is 2.17. The first-order valence-electron chi connectivity index (χ1n) is 5.67. The van der Waals surface area contributed by atoms with Gasteiger partial charge in [0, 0.05) is 29.7 Å². The lowest BCUT2D eigenvalue weighted by atomic mass is 10.1. The number of rotatable bonds is 3. The van der Waals surface area contributed by atoms with E-state index in [1.165, 1.54) is 0 Å². The van der Waals surface area contributed by atoms with Crippen molar-refractivity contribution in [3.8, 4) is 0 Å². The molecular formula is C12H15F2IN2. The van der Waals surface area contributed by atoms with E-state index < -0.39 is 12.5 Å². The second-order valence-corrected chi connectivity index (χ2v) is 5.37. The van der Waals surface area contributed by atoms with E-state index in [0.717, 1.165) is 16.7 Å². The Morgan fingerprint density at radius 2 is 1.94 bits per heavy atom. The summed E-state index contributed by atoms with van der Waals surface area (Å²) in [7, 11) is 0. The number of nitrogens with zero attached hydrogens (tertiary/aromatic N) is 1. The zero-order chi connectivity index (χ0) is 12.3. The summed E-state index contributed by atoms with van der Waals surface area (Å²) >= 11 is 2.16. The third kappa shape index (κ3) is 3.35. The molecule has 1 N–H and O–H groups in total. The number of hydrogen-bond donors (Lipinski definition) is 1. The van der Waals surface area contributed by atoms with Gasteiger partial charge in [-0.2, -0.15) is 0 Å². The minimum absolute atomic E-state index is 0.681. The highest BCUT2D eigenvalue weighted by atomic mass is 127. The smallest absolute Gasteiger partial charge is 0.258 e. The lowest BCUT2D eigenvalue weighted by molar-refractivity contribution is 0.0181. The molecule has 94 valence electrons. The number of hydrogen-bond acceptors (Lipinski definition) is 2. The zero-order valence-electron chi connectivity index (χ0n) is 9.37. The predicted molar refractivity (Wildman–Crippen MR) is 72.3 cm³/mol. The van der Waals surface area contributed by atoms with E-state index in [2.05, 4.69) is 27.9 Å². The average Bonchev–Trinajstić information content (AvgIpc) is 2.30. The predicted octanol–water partition coefficient (Wildman–Crippen LogP) is 2.50. The lowest BCUT2D eigenvalue weighted by Gasteiger charge is -2.34. The number of piperazine rings is 1. The van der Waals surface area contributed by atoms with Crippen molar-refractivity contribution < 1.29 is 8.78 Å². The monoisotopic (exact) mass is 352 g/mol. The molecular weight excluding hydrogens is 337 g/mol. The second-order valence-electron chi connectivity index (χ2n) is 4.12. The normalized spacial score (nSPS) is 19.5. The van der Waals surface area contributed by atoms with Crippen LogP contribution >= 0.6 is 22.6 Å². The van der Waals surface area contributed by atoms with Gasteiger partial charge in [-0.1, -0.05) is 12.1 Å². The van der Waals surface area contributed by atoms with E-state index in [1.54, 1.807) is 6.07 Å². The number of alkyl halides is 2. The number of nitrogens with one attached hydrogen (secondary N) is 1. The Kier molecular flexibility index (Phi) is 4.69. The Morgan fingerprint density at radius 3 is 2.53 bits per heavy atom. The van der Waals surface area contributed by atoms with Crippen LogP contribution in [0.5, 0.6) is 0 Å². The summed E-state index contributed by atoms with van der Waals surface area (Å²) in [4.78, 5) is 1.87. The molecule has 1 atom stereocenters. The second kappa shape index (κ2) is 6.06. The first-order chi connectivity index (χ1) is 8.18. The van der Waals surface area contributed by atoms with E-state index in [4.69, 9.17) is 0 Å². The highest BCUT2D eigenvalue weighted by molar-refractivity contribution is 14.1. The minimum Gasteiger partial charge on any atom is -0.314 e. The van der Waals surface area contributed by atoms with Crippen LogP contribution in [0.4, 0.5) is 8.78 Å². The Labute approximate surface area is 114 Å². The first kappa shape index (κ1) is 13.2. The van der Waals surface area contributed by atoms with E-state index in [1.807, 2.05) is 23.1 Å². The molecule has 0 amide bonds. The van der Waals surface area contributed by atoms with Crippen LogP contribution in [0.1, 0.15) is 11.6 Å². The molecule has 1 aliphatic heterocycles. The summed E-state index contributed by atoms with van der Waals surface area (Å²) in [5, 5.41) is 3.18. The Bertz CT molecular complexity index is 367. The Hall–Kier alpha value is -0.270. The van der Waals surface area contributed by atoms with E-state index in [0.29, 0.717) is 18.7 Å². The third-order valence-corrected chi connectivity index (χ3v) is 3.64. The molecule has 0 unspecified atom stereocenters. The van der Waals surface area contributed by atoms with Crippen LogP contribution in [-0.2, 0) is 0 Å². The van der Waals surface area contributed by atoms with Gasteiger partial charge in [-0.15, -0.1) is 0 Å². The molecule has 17 heavy (non-hydrogen) atoms. The van der Waals surface area contributed by atoms with Crippen LogP contribution in [0.2, 0.25) is 0 Å². The maximum atomic E-state index is 13.2. The van der Waals surface area contributed by atoms with Gasteiger partial charge < -0.3 is 5.32 Å². The van der Waals surface area contributed by atoms with Crippen molar-refractivity contribution in [2.24, 2.45) is 0 Å². The number of benzene rings is 1. The van der Waals surface area contributed by atoms with Crippen molar-refractivity contribution >= 4 is 22.6 Å². The van der Waals surface area contributed by atoms with Crippen LogP contribution in [0.3, 0.4) is 0 Å². The molecule has 5 heteroatoms. The van der Waals surface area contributed by atoms with Gasteiger partial charge in [0.2, 0.25) is 0 Å². The molecule has 0 aromatic heterocycles. The molecule has 0 aliphatic carbocycles. The Balaban J connectivity index is 2.21. The summed E-state index contributed by atoms with van der Waals surface area (Å²) in [6.07, 6.45) is -2.34. The van der Waals surface area contributed by atoms with Gasteiger partial charge in [0.15, 0.2) is 0 Å². The molecule has 1 aliphatic rings. The maximum absolute atomic E-state index is 13.2. The van der Waals surface area contributed by atoms with Gasteiger partial charge in [0.05, 0.1) is 6.04 Å². The zero-order valence-corrected chi connectivity index (χ0v) is 11.5. The molecule has 0 radical (unpaired) electrons. The molecule has 0 bridgehead atoms. The lowest BCUT2D eigenvalue weighted by Crippen LogP contribution is -2.46. The molecule has 0 spiro atoms. The van der Waals surface area contributed by atoms with Gasteiger partial charge in [-0.3, -0.25) is 4.90 Å². The topological polar surface area (TPSA) is 15.3 Å². The van der Waals surface area contributed by atoms with E-state index in [9.17, 15) is 8.78 Å². The molecule has 1 saturated heterocycles. The average molecular weight is 352 g/mol. The molecule has 2 nitrogen and oxygen atoms in total. The Morgan fingerprint density at radius 1 is 1.24 bits per heavy atom. The van der Waals surface area contributed by atoms with Crippen LogP contribution in [0.25, 0.3) is 0 Å². The maximum Gasteiger partial charge on any atom is 0.258 e. The van der Waals surface area contributed by atoms with Crippen molar-refractivity contribution in [3.05, 3.63) is 33.4 Å². The fourth-order valence-corrected chi connectivity index (χ4v) is 2.73. The van der Waals surface area contributed by atoms with E-state index in [-0.39, 0.29) is 0 Å². The molecule has 1 heterocycles. The largest absolute Gasteiger partial charge is 0.314 e. The standard InChI is InChI=1S/C12H15F2IN2/c13-12(14)11(17-6-4-16-5-7-17)9-2-1-3-10(15)8-9/h1-3,8,11-12,16H,4-7H2/t11-/m0/s1. The highest BCUT2D eigenvalue weighted by Crippen LogP contribution is 2.28. The van der Waals surface area contributed by atoms with Crippen molar-refractivity contribution in [3.63, 3.8) is 0 Å². The van der Waals surface area contributed by atoms with Gasteiger partial charge in [0.25, 0.3) is 6.43 Å². The van der Waals surface area contributed by atoms with Gasteiger partial charge >= 0.3 is 0 Å². The van der Waals surface area contributed by atoms with Crippen LogP contribution in [0.15, 0.2) is 24.3 Å². The van der Waals surface area contributed by atoms with Crippen molar-refractivity contribution in [2.75, 3.05) is 26.2 Å². The summed E-state index contributed by atoms with van der Waals surface area (Å²) in [6, 6.07) is 6.63. The summed E-state index contributed by atoms with van der Waals surface area (Å²) in [5.41, 5.74) is 0.716. The molecule has 1 aromatic carbocycles. The van der Waals surface area contributed by atoms with Crippen molar-refractivity contribution in [1.82, 2.24) is 10.2 Å². The molecule has 1 aromatic rings. The van der Waals surface area contributed by atoms with Crippen LogP contribution in [0, 0.1) is 3.57 Å². The summed E-state index contributed by atoms with van der Waals surface area (Å²) < 4.78 is 27.5.